The smallest absolute Gasteiger partial charge is 0.309 e. The van der Waals surface area contributed by atoms with Crippen molar-refractivity contribution in [2.75, 3.05) is 7.11 Å². The van der Waals surface area contributed by atoms with Crippen molar-refractivity contribution in [3.05, 3.63) is 100 Å². The van der Waals surface area contributed by atoms with E-state index in [4.69, 9.17) is 0 Å². The molecule has 1 fully saturated rings. The Balaban J connectivity index is 1.46. The van der Waals surface area contributed by atoms with Gasteiger partial charge < -0.3 is 10.1 Å². The number of aromatic nitrogens is 1. The molecule has 1 aliphatic carbocycles. The molecule has 0 unspecified atom stereocenters. The monoisotopic (exact) mass is 443 g/mol. The fraction of sp³-hybridized carbons (Fsp3) is 0.231. The van der Waals surface area contributed by atoms with E-state index in [1.54, 1.807) is 18.2 Å². The van der Waals surface area contributed by atoms with Crippen LogP contribution in [0.5, 0.6) is 0 Å². The van der Waals surface area contributed by atoms with Crippen molar-refractivity contribution in [3.63, 3.8) is 0 Å². The minimum atomic E-state index is -0.313. The van der Waals surface area contributed by atoms with Gasteiger partial charge in [-0.1, -0.05) is 36.4 Å². The van der Waals surface area contributed by atoms with Gasteiger partial charge in [0.25, 0.3) is 5.91 Å². The molecule has 4 rings (SSSR count). The van der Waals surface area contributed by atoms with Crippen LogP contribution in [-0.4, -0.2) is 24.0 Å². The van der Waals surface area contributed by atoms with Crippen molar-refractivity contribution < 1.29 is 18.7 Å². The lowest BCUT2D eigenvalue weighted by atomic mass is 10.0. The molecule has 1 saturated carbocycles. The summed E-state index contributed by atoms with van der Waals surface area (Å²) in [6.07, 6.45) is 2.48. The predicted octanol–water partition coefficient (Wildman–Crippen LogP) is 4.01. The number of nitrogens with zero attached hydrogens (tertiary/aromatic N) is 2. The molecule has 166 valence electrons. The summed E-state index contributed by atoms with van der Waals surface area (Å²) in [4.78, 5) is 28.8. The number of methoxy groups -OCH3 is 1. The maximum Gasteiger partial charge on any atom is 0.309 e. The zero-order valence-corrected chi connectivity index (χ0v) is 18.0. The topological polar surface area (TPSA) is 92.1 Å². The van der Waals surface area contributed by atoms with Gasteiger partial charge in [-0.25, -0.2) is 4.39 Å². The summed E-state index contributed by atoms with van der Waals surface area (Å²) < 4.78 is 17.9. The lowest BCUT2D eigenvalue weighted by Gasteiger charge is -2.11. The van der Waals surface area contributed by atoms with Crippen LogP contribution in [0.2, 0.25) is 0 Å². The van der Waals surface area contributed by atoms with Gasteiger partial charge in [-0.15, -0.1) is 0 Å². The Morgan fingerprint density at radius 2 is 1.82 bits per heavy atom. The molecule has 33 heavy (non-hydrogen) atoms. The van der Waals surface area contributed by atoms with Crippen molar-refractivity contribution in [2.45, 2.75) is 31.2 Å². The first-order valence-electron chi connectivity index (χ1n) is 10.6. The van der Waals surface area contributed by atoms with E-state index in [9.17, 15) is 19.2 Å². The standard InChI is InChI=1S/C26H22FN3O3/c1-33-24(31)11-16-2-4-17(5-3-16)14-30-26(32)23-10-18(13-28)15-29-25(23)22-12-21(22)19-6-8-20(27)9-7-19/h2-10,15,21-22H,11-12,14H2,1H3,(H,30,32)/t21-,22-/m0/s1. The molecule has 2 atom stereocenters. The van der Waals surface area contributed by atoms with Crippen molar-refractivity contribution in [2.24, 2.45) is 0 Å². The third-order valence-electron chi connectivity index (χ3n) is 5.78. The third kappa shape index (κ3) is 5.24. The molecule has 1 amide bonds. The minimum Gasteiger partial charge on any atom is -0.469 e. The van der Waals surface area contributed by atoms with Gasteiger partial charge >= 0.3 is 5.97 Å². The van der Waals surface area contributed by atoms with Crippen LogP contribution in [0.4, 0.5) is 4.39 Å². The summed E-state index contributed by atoms with van der Waals surface area (Å²) in [5.74, 6) is -0.696. The van der Waals surface area contributed by atoms with Gasteiger partial charge in [0.2, 0.25) is 0 Å². The first kappa shape index (κ1) is 22.2. The van der Waals surface area contributed by atoms with Gasteiger partial charge in [-0.2, -0.15) is 5.26 Å². The molecule has 3 aromatic rings. The molecule has 1 aromatic heterocycles. The summed E-state index contributed by atoms with van der Waals surface area (Å²) in [5.41, 5.74) is 4.05. The number of hydrogen-bond donors (Lipinski definition) is 1. The maximum absolute atomic E-state index is 13.2. The Hall–Kier alpha value is -4.05. The highest BCUT2D eigenvalue weighted by Crippen LogP contribution is 2.54. The highest BCUT2D eigenvalue weighted by Gasteiger charge is 2.42. The van der Waals surface area contributed by atoms with Crippen LogP contribution in [0, 0.1) is 17.1 Å². The van der Waals surface area contributed by atoms with Crippen LogP contribution in [0.15, 0.2) is 60.8 Å². The molecular formula is C26H22FN3O3. The van der Waals surface area contributed by atoms with E-state index in [1.807, 2.05) is 30.3 Å². The lowest BCUT2D eigenvalue weighted by molar-refractivity contribution is -0.139. The van der Waals surface area contributed by atoms with E-state index in [1.165, 1.54) is 25.4 Å². The van der Waals surface area contributed by atoms with Crippen molar-refractivity contribution >= 4 is 11.9 Å². The van der Waals surface area contributed by atoms with E-state index < -0.39 is 0 Å². The molecule has 6 nitrogen and oxygen atoms in total. The number of nitriles is 1. The zero-order chi connectivity index (χ0) is 23.4. The summed E-state index contributed by atoms with van der Waals surface area (Å²) in [5, 5.41) is 12.2. The zero-order valence-electron chi connectivity index (χ0n) is 18.0. The summed E-state index contributed by atoms with van der Waals surface area (Å²) >= 11 is 0. The minimum absolute atomic E-state index is 0.0431. The van der Waals surface area contributed by atoms with Crippen LogP contribution in [0.1, 0.15) is 56.6 Å². The van der Waals surface area contributed by atoms with E-state index in [2.05, 4.69) is 15.0 Å². The SMILES string of the molecule is COC(=O)Cc1ccc(CNC(=O)c2cc(C#N)cnc2[C@H]2C[C@H]2c2ccc(F)cc2)cc1. The van der Waals surface area contributed by atoms with Crippen molar-refractivity contribution in [1.29, 1.82) is 5.26 Å². The average molecular weight is 443 g/mol. The molecule has 0 aliphatic heterocycles. The third-order valence-corrected chi connectivity index (χ3v) is 5.78. The number of ether oxygens (including phenoxy) is 1. The largest absolute Gasteiger partial charge is 0.469 e. The number of carbonyl (C=O) groups is 2. The number of esters is 1. The lowest BCUT2D eigenvalue weighted by Crippen LogP contribution is -2.24. The van der Waals surface area contributed by atoms with Gasteiger partial charge in [-0.3, -0.25) is 14.6 Å². The Morgan fingerprint density at radius 3 is 2.48 bits per heavy atom. The van der Waals surface area contributed by atoms with Gasteiger partial charge in [0, 0.05) is 18.7 Å². The molecule has 1 N–H and O–H groups in total. The first-order valence-corrected chi connectivity index (χ1v) is 10.6. The molecule has 0 bridgehead atoms. The first-order chi connectivity index (χ1) is 16.0. The van der Waals surface area contributed by atoms with Crippen LogP contribution in [0.25, 0.3) is 0 Å². The number of carbonyl (C=O) groups excluding carboxylic acids is 2. The Kier molecular flexibility index (Phi) is 6.45. The quantitative estimate of drug-likeness (QED) is 0.557. The van der Waals surface area contributed by atoms with E-state index in [-0.39, 0.29) is 36.0 Å². The number of rotatable bonds is 7. The predicted molar refractivity (Wildman–Crippen MR) is 119 cm³/mol. The van der Waals surface area contributed by atoms with Gasteiger partial charge in [0.15, 0.2) is 0 Å². The normalized spacial score (nSPS) is 16.5. The molecule has 1 heterocycles. The number of pyridine rings is 1. The van der Waals surface area contributed by atoms with E-state index in [0.717, 1.165) is 23.1 Å². The average Bonchev–Trinajstić information content (AvgIpc) is 3.64. The van der Waals surface area contributed by atoms with Crippen LogP contribution >= 0.6 is 0 Å². The van der Waals surface area contributed by atoms with Gasteiger partial charge in [0.05, 0.1) is 30.4 Å². The molecule has 7 heteroatoms. The maximum atomic E-state index is 13.2. The number of amides is 1. The second kappa shape index (κ2) is 9.61. The number of benzene rings is 2. The molecule has 0 saturated heterocycles. The number of nitrogens with one attached hydrogen (secondary N) is 1. The molecule has 2 aromatic carbocycles. The Bertz CT molecular complexity index is 1220. The number of halogens is 1. The van der Waals surface area contributed by atoms with Crippen molar-refractivity contribution in [1.82, 2.24) is 10.3 Å². The van der Waals surface area contributed by atoms with Crippen LogP contribution < -0.4 is 5.32 Å². The van der Waals surface area contributed by atoms with Crippen LogP contribution in [0.3, 0.4) is 0 Å². The summed E-state index contributed by atoms with van der Waals surface area (Å²) in [6.45, 7) is 0.291. The molecular weight excluding hydrogens is 421 g/mol. The van der Waals surface area contributed by atoms with Crippen LogP contribution in [-0.2, 0) is 22.5 Å². The highest BCUT2D eigenvalue weighted by molar-refractivity contribution is 5.96. The van der Waals surface area contributed by atoms with Crippen molar-refractivity contribution in [3.8, 4) is 6.07 Å². The number of hydrogen-bond acceptors (Lipinski definition) is 5. The van der Waals surface area contributed by atoms with Gasteiger partial charge in [0.1, 0.15) is 11.9 Å². The molecule has 0 spiro atoms. The van der Waals surface area contributed by atoms with E-state index >= 15 is 0 Å². The Labute approximate surface area is 191 Å². The summed E-state index contributed by atoms with van der Waals surface area (Å²) in [7, 11) is 1.35. The highest BCUT2D eigenvalue weighted by atomic mass is 19.1. The summed E-state index contributed by atoms with van der Waals surface area (Å²) in [6, 6.07) is 17.3. The second-order valence-corrected chi connectivity index (χ2v) is 8.02. The Morgan fingerprint density at radius 1 is 1.12 bits per heavy atom. The second-order valence-electron chi connectivity index (χ2n) is 8.02. The fourth-order valence-corrected chi connectivity index (χ4v) is 3.88. The van der Waals surface area contributed by atoms with E-state index in [0.29, 0.717) is 23.4 Å². The fourth-order valence-electron chi connectivity index (χ4n) is 3.88. The molecule has 1 aliphatic rings. The molecule has 0 radical (unpaired) electrons. The van der Waals surface area contributed by atoms with Gasteiger partial charge in [-0.05, 0) is 47.2 Å².